The highest BCUT2D eigenvalue weighted by molar-refractivity contribution is 7.12. The predicted octanol–water partition coefficient (Wildman–Crippen LogP) is 3.36. The van der Waals surface area contributed by atoms with Crippen molar-refractivity contribution in [2.24, 2.45) is 0 Å². The van der Waals surface area contributed by atoms with E-state index >= 15 is 0 Å². The van der Waals surface area contributed by atoms with Gasteiger partial charge in [-0.1, -0.05) is 0 Å². The van der Waals surface area contributed by atoms with Crippen molar-refractivity contribution in [3.8, 4) is 0 Å². The summed E-state index contributed by atoms with van der Waals surface area (Å²) in [4.78, 5) is 13.9. The molecule has 2 aromatic heterocycles. The number of carbonyl (C=O) groups is 1. The highest BCUT2D eigenvalue weighted by Crippen LogP contribution is 2.17. The van der Waals surface area contributed by atoms with Crippen molar-refractivity contribution in [3.05, 3.63) is 43.8 Å². The smallest absolute Gasteiger partial charge is 0.261 e. The van der Waals surface area contributed by atoms with Gasteiger partial charge in [-0.25, -0.2) is 0 Å². The van der Waals surface area contributed by atoms with E-state index in [1.165, 1.54) is 21.8 Å². The molecule has 1 amide bonds. The summed E-state index contributed by atoms with van der Waals surface area (Å²) < 4.78 is 0. The van der Waals surface area contributed by atoms with E-state index in [0.29, 0.717) is 6.54 Å². The average Bonchev–Trinajstić information content (AvgIpc) is 2.84. The van der Waals surface area contributed by atoms with Gasteiger partial charge in [-0.2, -0.15) is 0 Å². The van der Waals surface area contributed by atoms with E-state index in [-0.39, 0.29) is 5.91 Å². The summed E-state index contributed by atoms with van der Waals surface area (Å²) in [6.07, 6.45) is 0. The number of carbonyl (C=O) groups excluding carboxylic acids is 1. The standard InChI is InChI=1S/C12H13NOS2/c1-8-3-5-15-10(8)7-13-12(14)11-9(2)4-6-16-11/h3-6H,7H2,1-2H3,(H,13,14). The van der Waals surface area contributed by atoms with Gasteiger partial charge in [-0.15, -0.1) is 22.7 Å². The van der Waals surface area contributed by atoms with Crippen LogP contribution in [0.15, 0.2) is 22.9 Å². The van der Waals surface area contributed by atoms with Crippen molar-refractivity contribution in [1.82, 2.24) is 5.32 Å². The third-order valence-corrected chi connectivity index (χ3v) is 4.48. The fraction of sp³-hybridized carbons (Fsp3) is 0.250. The summed E-state index contributed by atoms with van der Waals surface area (Å²) in [5.41, 5.74) is 2.29. The zero-order chi connectivity index (χ0) is 11.5. The summed E-state index contributed by atoms with van der Waals surface area (Å²) in [7, 11) is 0. The highest BCUT2D eigenvalue weighted by Gasteiger charge is 2.10. The molecule has 0 saturated carbocycles. The lowest BCUT2D eigenvalue weighted by Gasteiger charge is -2.03. The molecule has 0 unspecified atom stereocenters. The monoisotopic (exact) mass is 251 g/mol. The largest absolute Gasteiger partial charge is 0.346 e. The number of rotatable bonds is 3. The molecule has 4 heteroatoms. The second kappa shape index (κ2) is 4.80. The molecule has 0 atom stereocenters. The maximum atomic E-state index is 11.8. The molecule has 0 aliphatic carbocycles. The number of aryl methyl sites for hydroxylation is 2. The van der Waals surface area contributed by atoms with Crippen molar-refractivity contribution in [2.45, 2.75) is 20.4 Å². The van der Waals surface area contributed by atoms with E-state index in [4.69, 9.17) is 0 Å². The second-order valence-corrected chi connectivity index (χ2v) is 5.56. The Morgan fingerprint density at radius 3 is 2.44 bits per heavy atom. The minimum atomic E-state index is 0.0281. The van der Waals surface area contributed by atoms with Crippen molar-refractivity contribution < 1.29 is 4.79 Å². The normalized spacial score (nSPS) is 10.4. The number of amides is 1. The zero-order valence-corrected chi connectivity index (χ0v) is 10.9. The van der Waals surface area contributed by atoms with Gasteiger partial charge in [0.15, 0.2) is 0 Å². The Morgan fingerprint density at radius 2 is 1.88 bits per heavy atom. The number of hydrogen-bond donors (Lipinski definition) is 1. The molecule has 0 radical (unpaired) electrons. The lowest BCUT2D eigenvalue weighted by molar-refractivity contribution is 0.0955. The van der Waals surface area contributed by atoms with E-state index in [1.54, 1.807) is 11.3 Å². The van der Waals surface area contributed by atoms with Gasteiger partial charge in [-0.3, -0.25) is 4.79 Å². The molecule has 2 rings (SSSR count). The van der Waals surface area contributed by atoms with Gasteiger partial charge in [0.05, 0.1) is 11.4 Å². The maximum absolute atomic E-state index is 11.8. The van der Waals surface area contributed by atoms with Crippen molar-refractivity contribution in [1.29, 1.82) is 0 Å². The molecule has 2 aromatic rings. The molecule has 84 valence electrons. The van der Waals surface area contributed by atoms with E-state index in [2.05, 4.69) is 18.3 Å². The molecule has 2 heterocycles. The lowest BCUT2D eigenvalue weighted by atomic mass is 10.2. The zero-order valence-electron chi connectivity index (χ0n) is 9.24. The van der Waals surface area contributed by atoms with E-state index in [0.717, 1.165) is 10.4 Å². The van der Waals surface area contributed by atoms with Crippen molar-refractivity contribution >= 4 is 28.6 Å². The first-order chi connectivity index (χ1) is 7.68. The van der Waals surface area contributed by atoms with Gasteiger partial charge in [0.25, 0.3) is 5.91 Å². The third-order valence-electron chi connectivity index (χ3n) is 2.45. The van der Waals surface area contributed by atoms with Crippen LogP contribution in [0.4, 0.5) is 0 Å². The maximum Gasteiger partial charge on any atom is 0.261 e. The molecule has 0 aliphatic heterocycles. The molecule has 0 aromatic carbocycles. The van der Waals surface area contributed by atoms with Gasteiger partial charge in [-0.05, 0) is 47.9 Å². The Bertz CT molecular complexity index is 499. The molecule has 16 heavy (non-hydrogen) atoms. The average molecular weight is 251 g/mol. The first-order valence-electron chi connectivity index (χ1n) is 5.03. The van der Waals surface area contributed by atoms with Crippen LogP contribution in [-0.2, 0) is 6.54 Å². The molecule has 1 N–H and O–H groups in total. The number of thiophene rings is 2. The van der Waals surface area contributed by atoms with E-state index < -0.39 is 0 Å². The van der Waals surface area contributed by atoms with Gasteiger partial charge in [0, 0.05) is 4.88 Å². The summed E-state index contributed by atoms with van der Waals surface area (Å²) in [5, 5.41) is 6.94. The molecule has 0 fully saturated rings. The minimum Gasteiger partial charge on any atom is -0.346 e. The summed E-state index contributed by atoms with van der Waals surface area (Å²) in [6.45, 7) is 4.65. The highest BCUT2D eigenvalue weighted by atomic mass is 32.1. The first kappa shape index (κ1) is 11.4. The van der Waals surface area contributed by atoms with Gasteiger partial charge in [0.1, 0.15) is 0 Å². The van der Waals surface area contributed by atoms with Gasteiger partial charge in [0.2, 0.25) is 0 Å². The Labute approximate surface area is 103 Å². The molecular weight excluding hydrogens is 238 g/mol. The molecular formula is C12H13NOS2. The summed E-state index contributed by atoms with van der Waals surface area (Å²) in [6, 6.07) is 4.04. The van der Waals surface area contributed by atoms with Crippen LogP contribution in [-0.4, -0.2) is 5.91 Å². The summed E-state index contributed by atoms with van der Waals surface area (Å²) in [5.74, 6) is 0.0281. The Balaban J connectivity index is 1.99. The van der Waals surface area contributed by atoms with Crippen LogP contribution in [0.3, 0.4) is 0 Å². The SMILES string of the molecule is Cc1ccsc1CNC(=O)c1sccc1C. The van der Waals surface area contributed by atoms with Gasteiger partial charge >= 0.3 is 0 Å². The van der Waals surface area contributed by atoms with Crippen molar-refractivity contribution in [3.63, 3.8) is 0 Å². The number of hydrogen-bond acceptors (Lipinski definition) is 3. The second-order valence-electron chi connectivity index (χ2n) is 3.64. The third kappa shape index (κ3) is 2.33. The van der Waals surface area contributed by atoms with Crippen LogP contribution < -0.4 is 5.32 Å². The molecule has 0 bridgehead atoms. The molecule has 0 spiro atoms. The van der Waals surface area contributed by atoms with Crippen LogP contribution in [0.5, 0.6) is 0 Å². The first-order valence-corrected chi connectivity index (χ1v) is 6.79. The van der Waals surface area contributed by atoms with Crippen molar-refractivity contribution in [2.75, 3.05) is 0 Å². The molecule has 0 aliphatic rings. The Kier molecular flexibility index (Phi) is 3.41. The number of nitrogens with one attached hydrogen (secondary N) is 1. The predicted molar refractivity (Wildman–Crippen MR) is 69.3 cm³/mol. The van der Waals surface area contributed by atoms with Gasteiger partial charge < -0.3 is 5.32 Å². The lowest BCUT2D eigenvalue weighted by Crippen LogP contribution is -2.22. The van der Waals surface area contributed by atoms with Crippen LogP contribution in [0.25, 0.3) is 0 Å². The quantitative estimate of drug-likeness (QED) is 0.890. The topological polar surface area (TPSA) is 29.1 Å². The fourth-order valence-corrected chi connectivity index (χ4v) is 3.12. The van der Waals surface area contributed by atoms with Crippen LogP contribution >= 0.6 is 22.7 Å². The fourth-order valence-electron chi connectivity index (χ4n) is 1.43. The minimum absolute atomic E-state index is 0.0281. The summed E-state index contributed by atoms with van der Waals surface area (Å²) >= 11 is 3.17. The van der Waals surface area contributed by atoms with Crippen LogP contribution in [0, 0.1) is 13.8 Å². The van der Waals surface area contributed by atoms with Crippen LogP contribution in [0.2, 0.25) is 0 Å². The Morgan fingerprint density at radius 1 is 1.19 bits per heavy atom. The molecule has 2 nitrogen and oxygen atoms in total. The van der Waals surface area contributed by atoms with E-state index in [1.807, 2.05) is 23.8 Å². The Hall–Kier alpha value is -1.13. The molecule has 0 saturated heterocycles. The van der Waals surface area contributed by atoms with E-state index in [9.17, 15) is 4.79 Å². The van der Waals surface area contributed by atoms with Crippen LogP contribution in [0.1, 0.15) is 25.7 Å².